The van der Waals surface area contributed by atoms with Gasteiger partial charge in [-0.15, -0.1) is 0 Å². The molecule has 1 heteroatoms. The predicted octanol–water partition coefficient (Wildman–Crippen LogP) is 3.81. The van der Waals surface area contributed by atoms with Gasteiger partial charge in [0.1, 0.15) is 0 Å². The van der Waals surface area contributed by atoms with Gasteiger partial charge in [0.2, 0.25) is 0 Å². The molecule has 0 radical (unpaired) electrons. The molecule has 1 aliphatic carbocycles. The van der Waals surface area contributed by atoms with Crippen LogP contribution in [-0.2, 0) is 0 Å². The summed E-state index contributed by atoms with van der Waals surface area (Å²) in [6.45, 7) is 3.49. The minimum absolute atomic E-state index is 0.682. The van der Waals surface area contributed by atoms with Gasteiger partial charge >= 0.3 is 0 Å². The number of hydrogen-bond acceptors (Lipinski definition) is 1. The van der Waals surface area contributed by atoms with Gasteiger partial charge < -0.3 is 5.32 Å². The lowest BCUT2D eigenvalue weighted by molar-refractivity contribution is 0.380. The first-order valence-electron chi connectivity index (χ1n) is 7.16. The van der Waals surface area contributed by atoms with Crippen LogP contribution in [0.15, 0.2) is 24.3 Å². The van der Waals surface area contributed by atoms with Crippen molar-refractivity contribution in [1.82, 2.24) is 5.32 Å². The number of hydrogen-bond donors (Lipinski definition) is 1. The van der Waals surface area contributed by atoms with E-state index in [4.69, 9.17) is 0 Å². The molecule has 2 atom stereocenters. The van der Waals surface area contributed by atoms with Crippen LogP contribution in [0, 0.1) is 0 Å². The number of rotatable bonds is 2. The SMILES string of the molecule is CC1CC(c2cccc(C3CCC3)c2)CCN1. The van der Waals surface area contributed by atoms with Crippen LogP contribution in [0.4, 0.5) is 0 Å². The van der Waals surface area contributed by atoms with Crippen molar-refractivity contribution in [1.29, 1.82) is 0 Å². The van der Waals surface area contributed by atoms with E-state index in [0.29, 0.717) is 6.04 Å². The Morgan fingerprint density at radius 3 is 2.47 bits per heavy atom. The highest BCUT2D eigenvalue weighted by Gasteiger charge is 2.23. The van der Waals surface area contributed by atoms with Gasteiger partial charge in [-0.25, -0.2) is 0 Å². The second-order valence-electron chi connectivity index (χ2n) is 5.87. The second-order valence-corrected chi connectivity index (χ2v) is 5.87. The topological polar surface area (TPSA) is 12.0 Å². The van der Waals surface area contributed by atoms with Gasteiger partial charge in [0.05, 0.1) is 0 Å². The number of benzene rings is 1. The molecule has 2 aliphatic rings. The van der Waals surface area contributed by atoms with Crippen molar-refractivity contribution in [3.63, 3.8) is 0 Å². The molecule has 3 rings (SSSR count). The van der Waals surface area contributed by atoms with Gasteiger partial charge in [-0.2, -0.15) is 0 Å². The van der Waals surface area contributed by atoms with E-state index < -0.39 is 0 Å². The second kappa shape index (κ2) is 4.81. The maximum atomic E-state index is 3.54. The van der Waals surface area contributed by atoms with Gasteiger partial charge in [-0.3, -0.25) is 0 Å². The normalized spacial score (nSPS) is 29.9. The molecule has 1 saturated heterocycles. The summed E-state index contributed by atoms with van der Waals surface area (Å²) in [5.41, 5.74) is 3.18. The molecule has 1 aromatic rings. The standard InChI is InChI=1S/C16H23N/c1-12-10-16(8-9-17-12)15-7-3-6-14(11-15)13-4-2-5-13/h3,6-7,11-13,16-17H,2,4-5,8-10H2,1H3. The van der Waals surface area contributed by atoms with Crippen LogP contribution >= 0.6 is 0 Å². The molecule has 0 amide bonds. The Balaban J connectivity index is 1.77. The summed E-state index contributed by atoms with van der Waals surface area (Å²) >= 11 is 0. The fraction of sp³-hybridized carbons (Fsp3) is 0.625. The monoisotopic (exact) mass is 229 g/mol. The Hall–Kier alpha value is -0.820. The van der Waals surface area contributed by atoms with Crippen LogP contribution in [0.2, 0.25) is 0 Å². The van der Waals surface area contributed by atoms with E-state index in [9.17, 15) is 0 Å². The van der Waals surface area contributed by atoms with Gasteiger partial charge in [0.25, 0.3) is 0 Å². The maximum absolute atomic E-state index is 3.54. The van der Waals surface area contributed by atoms with Crippen LogP contribution in [-0.4, -0.2) is 12.6 Å². The van der Waals surface area contributed by atoms with Crippen molar-refractivity contribution in [2.24, 2.45) is 0 Å². The van der Waals surface area contributed by atoms with E-state index in [1.807, 2.05) is 0 Å². The van der Waals surface area contributed by atoms with Crippen molar-refractivity contribution in [3.05, 3.63) is 35.4 Å². The highest BCUT2D eigenvalue weighted by molar-refractivity contribution is 5.30. The molecule has 0 aromatic heterocycles. The fourth-order valence-corrected chi connectivity index (χ4v) is 3.24. The zero-order valence-corrected chi connectivity index (χ0v) is 10.8. The quantitative estimate of drug-likeness (QED) is 0.813. The molecule has 0 bridgehead atoms. The molecule has 1 heterocycles. The highest BCUT2D eigenvalue weighted by Crippen LogP contribution is 2.38. The van der Waals surface area contributed by atoms with E-state index >= 15 is 0 Å². The minimum Gasteiger partial charge on any atom is -0.314 e. The molecule has 1 N–H and O–H groups in total. The number of piperidine rings is 1. The molecule has 17 heavy (non-hydrogen) atoms. The van der Waals surface area contributed by atoms with Gasteiger partial charge in [-0.05, 0) is 62.1 Å². The molecule has 1 aliphatic heterocycles. The van der Waals surface area contributed by atoms with E-state index in [1.165, 1.54) is 38.6 Å². The van der Waals surface area contributed by atoms with E-state index in [2.05, 4.69) is 36.5 Å². The van der Waals surface area contributed by atoms with Crippen molar-refractivity contribution < 1.29 is 0 Å². The molecular formula is C16H23N. The summed E-state index contributed by atoms with van der Waals surface area (Å²) in [6, 6.07) is 10.1. The Kier molecular flexibility index (Phi) is 3.19. The third kappa shape index (κ3) is 2.40. The summed E-state index contributed by atoms with van der Waals surface area (Å²) in [7, 11) is 0. The average molecular weight is 229 g/mol. The smallest absolute Gasteiger partial charge is 0.00445 e. The lowest BCUT2D eigenvalue weighted by Crippen LogP contribution is -2.34. The molecule has 92 valence electrons. The first kappa shape index (κ1) is 11.3. The van der Waals surface area contributed by atoms with E-state index in [1.54, 1.807) is 11.1 Å². The third-order valence-corrected chi connectivity index (χ3v) is 4.58. The largest absolute Gasteiger partial charge is 0.314 e. The Bertz CT molecular complexity index is 381. The van der Waals surface area contributed by atoms with Gasteiger partial charge in [-0.1, -0.05) is 30.7 Å². The predicted molar refractivity (Wildman–Crippen MR) is 72.5 cm³/mol. The molecule has 1 saturated carbocycles. The van der Waals surface area contributed by atoms with E-state index in [-0.39, 0.29) is 0 Å². The summed E-state index contributed by atoms with van der Waals surface area (Å²) in [4.78, 5) is 0. The summed E-state index contributed by atoms with van der Waals surface area (Å²) in [6.07, 6.45) is 6.85. The Morgan fingerprint density at radius 1 is 1.06 bits per heavy atom. The lowest BCUT2D eigenvalue weighted by atomic mass is 9.78. The van der Waals surface area contributed by atoms with Crippen molar-refractivity contribution in [2.45, 2.75) is 56.9 Å². The molecule has 0 spiro atoms. The highest BCUT2D eigenvalue weighted by atomic mass is 14.9. The first-order valence-corrected chi connectivity index (χ1v) is 7.16. The molecular weight excluding hydrogens is 206 g/mol. The summed E-state index contributed by atoms with van der Waals surface area (Å²) in [5.74, 6) is 1.65. The third-order valence-electron chi connectivity index (χ3n) is 4.58. The zero-order chi connectivity index (χ0) is 11.7. The summed E-state index contributed by atoms with van der Waals surface area (Å²) < 4.78 is 0. The van der Waals surface area contributed by atoms with Gasteiger partial charge in [0, 0.05) is 6.04 Å². The minimum atomic E-state index is 0.682. The van der Waals surface area contributed by atoms with Crippen molar-refractivity contribution in [3.8, 4) is 0 Å². The first-order chi connectivity index (χ1) is 8.33. The Morgan fingerprint density at radius 2 is 1.82 bits per heavy atom. The van der Waals surface area contributed by atoms with Crippen LogP contribution in [0.1, 0.15) is 62.0 Å². The number of nitrogens with one attached hydrogen (secondary N) is 1. The van der Waals surface area contributed by atoms with Crippen LogP contribution in [0.3, 0.4) is 0 Å². The summed E-state index contributed by atoms with van der Waals surface area (Å²) in [5, 5.41) is 3.54. The van der Waals surface area contributed by atoms with Gasteiger partial charge in [0.15, 0.2) is 0 Å². The Labute approximate surface area is 105 Å². The van der Waals surface area contributed by atoms with Crippen LogP contribution in [0.5, 0.6) is 0 Å². The maximum Gasteiger partial charge on any atom is 0.00445 e. The zero-order valence-electron chi connectivity index (χ0n) is 10.8. The van der Waals surface area contributed by atoms with Crippen LogP contribution in [0.25, 0.3) is 0 Å². The van der Waals surface area contributed by atoms with Crippen molar-refractivity contribution in [2.75, 3.05) is 6.54 Å². The van der Waals surface area contributed by atoms with Crippen LogP contribution < -0.4 is 5.32 Å². The molecule has 2 fully saturated rings. The van der Waals surface area contributed by atoms with E-state index in [0.717, 1.165) is 11.8 Å². The fourth-order valence-electron chi connectivity index (χ4n) is 3.24. The molecule has 1 aromatic carbocycles. The molecule has 1 nitrogen and oxygen atoms in total. The average Bonchev–Trinajstić information content (AvgIpc) is 2.27. The van der Waals surface area contributed by atoms with Crippen molar-refractivity contribution >= 4 is 0 Å². The molecule has 2 unspecified atom stereocenters. The lowest BCUT2D eigenvalue weighted by Gasteiger charge is -2.30.